The molecule has 0 saturated carbocycles. The summed E-state index contributed by atoms with van der Waals surface area (Å²) in [7, 11) is 0. The van der Waals surface area contributed by atoms with Gasteiger partial charge < -0.3 is 14.6 Å². The highest BCUT2D eigenvalue weighted by atomic mass is 19.4. The molecule has 0 amide bonds. The fourth-order valence-electron chi connectivity index (χ4n) is 4.98. The van der Waals surface area contributed by atoms with Crippen LogP contribution in [0.1, 0.15) is 73.8 Å². The van der Waals surface area contributed by atoms with E-state index in [1.54, 1.807) is 19.1 Å². The molecule has 0 aliphatic carbocycles. The Balaban J connectivity index is 1.91. The lowest BCUT2D eigenvalue weighted by Gasteiger charge is -2.34. The molecule has 1 fully saturated rings. The summed E-state index contributed by atoms with van der Waals surface area (Å²) in [5.74, 6) is 3.33. The maximum atomic E-state index is 13.0. The van der Waals surface area contributed by atoms with Gasteiger partial charge in [0.15, 0.2) is 0 Å². The highest BCUT2D eigenvalue weighted by Gasteiger charge is 2.70. The predicted octanol–water partition coefficient (Wildman–Crippen LogP) is 7.09. The minimum atomic E-state index is -6.01. The van der Waals surface area contributed by atoms with Gasteiger partial charge in [0, 0.05) is 17.4 Å². The molecular weight excluding hydrogens is 538 g/mol. The molecule has 1 atom stereocenters. The highest BCUT2D eigenvalue weighted by molar-refractivity contribution is 5.70. The van der Waals surface area contributed by atoms with Crippen LogP contribution < -0.4 is 4.74 Å². The van der Waals surface area contributed by atoms with E-state index in [0.717, 1.165) is 35.5 Å². The largest absolute Gasteiger partial charge is 0.489 e. The van der Waals surface area contributed by atoms with Crippen molar-refractivity contribution in [2.45, 2.75) is 89.3 Å². The summed E-state index contributed by atoms with van der Waals surface area (Å²) in [5.41, 5.74) is -2.66. The minimum absolute atomic E-state index is 0.0554. The van der Waals surface area contributed by atoms with Crippen LogP contribution >= 0.6 is 0 Å². The fraction of sp³-hybridized carbons (Fsp3) is 0.500. The molecule has 1 heterocycles. The van der Waals surface area contributed by atoms with E-state index in [2.05, 4.69) is 0 Å². The lowest BCUT2D eigenvalue weighted by atomic mass is 9.70. The smallest absolute Gasteiger partial charge is 0.438 e. The van der Waals surface area contributed by atoms with Gasteiger partial charge in [-0.05, 0) is 79.8 Å². The highest BCUT2D eigenvalue weighted by Crippen LogP contribution is 2.43. The summed E-state index contributed by atoms with van der Waals surface area (Å²) in [4.78, 5) is 11.5. The molecule has 0 aromatic heterocycles. The van der Waals surface area contributed by atoms with Gasteiger partial charge in [0.05, 0.1) is 0 Å². The van der Waals surface area contributed by atoms with Crippen molar-refractivity contribution in [1.29, 1.82) is 0 Å². The minimum Gasteiger partial charge on any atom is -0.489 e. The summed E-state index contributed by atoms with van der Waals surface area (Å²) in [6.45, 7) is 7.68. The number of hydrogen-bond acceptors (Lipinski definition) is 4. The molecule has 1 N–H and O–H groups in total. The molecule has 1 aliphatic rings. The molecule has 10 heteroatoms. The van der Waals surface area contributed by atoms with Crippen LogP contribution in [0.15, 0.2) is 36.4 Å². The molecule has 4 nitrogen and oxygen atoms in total. The molecule has 2 aromatic carbocycles. The van der Waals surface area contributed by atoms with Crippen LogP contribution in [0.2, 0.25) is 0 Å². The monoisotopic (exact) mass is 570 g/mol. The van der Waals surface area contributed by atoms with Gasteiger partial charge in [-0.2, -0.15) is 26.3 Å². The zero-order valence-electron chi connectivity index (χ0n) is 22.7. The van der Waals surface area contributed by atoms with E-state index in [1.807, 2.05) is 44.9 Å². The maximum absolute atomic E-state index is 13.0. The van der Waals surface area contributed by atoms with Crippen LogP contribution in [-0.2, 0) is 14.9 Å². The van der Waals surface area contributed by atoms with Crippen molar-refractivity contribution in [3.63, 3.8) is 0 Å². The first-order valence-electron chi connectivity index (χ1n) is 13.0. The Morgan fingerprint density at radius 1 is 0.950 bits per heavy atom. The molecule has 0 unspecified atom stereocenters. The normalized spacial score (nSPS) is 16.7. The van der Waals surface area contributed by atoms with Gasteiger partial charge in [0.1, 0.15) is 18.5 Å². The van der Waals surface area contributed by atoms with Crippen molar-refractivity contribution in [3.8, 4) is 17.6 Å². The Labute approximate surface area is 229 Å². The number of carbonyl (C=O) groups excluding carboxylic acids is 1. The number of carbonyl (C=O) groups is 1. The Bertz CT molecular complexity index is 1270. The third-order valence-electron chi connectivity index (χ3n) is 7.54. The number of aliphatic hydroxyl groups is 1. The summed E-state index contributed by atoms with van der Waals surface area (Å²) in [6.07, 6.45) is -9.09. The van der Waals surface area contributed by atoms with E-state index >= 15 is 0 Å². The van der Waals surface area contributed by atoms with E-state index < -0.39 is 23.4 Å². The quantitative estimate of drug-likeness (QED) is 0.219. The number of alkyl halides is 6. The molecule has 0 radical (unpaired) electrons. The Kier molecular flexibility index (Phi) is 9.19. The molecular formula is C30H32F6O4. The van der Waals surface area contributed by atoms with Gasteiger partial charge in [-0.3, -0.25) is 4.79 Å². The lowest BCUT2D eigenvalue weighted by Crippen LogP contribution is -2.55. The third kappa shape index (κ3) is 6.25. The van der Waals surface area contributed by atoms with Crippen LogP contribution in [0.5, 0.6) is 5.75 Å². The Morgan fingerprint density at radius 2 is 1.52 bits per heavy atom. The second-order valence-electron chi connectivity index (χ2n) is 10.1. The van der Waals surface area contributed by atoms with Crippen LogP contribution in [-0.4, -0.2) is 41.7 Å². The van der Waals surface area contributed by atoms with Crippen molar-refractivity contribution in [2.24, 2.45) is 0 Å². The van der Waals surface area contributed by atoms with E-state index in [1.165, 1.54) is 6.07 Å². The molecule has 40 heavy (non-hydrogen) atoms. The van der Waals surface area contributed by atoms with Crippen LogP contribution in [0.25, 0.3) is 0 Å². The van der Waals surface area contributed by atoms with Crippen molar-refractivity contribution in [2.75, 3.05) is 6.61 Å². The maximum Gasteiger partial charge on any atom is 0.438 e. The van der Waals surface area contributed by atoms with E-state index in [-0.39, 0.29) is 24.2 Å². The van der Waals surface area contributed by atoms with Gasteiger partial charge in [-0.1, -0.05) is 44.0 Å². The second kappa shape index (κ2) is 11.7. The zero-order chi connectivity index (χ0) is 29.9. The summed E-state index contributed by atoms with van der Waals surface area (Å²) in [5, 5.41) is 9.36. The van der Waals surface area contributed by atoms with Gasteiger partial charge >= 0.3 is 23.9 Å². The summed E-state index contributed by atoms with van der Waals surface area (Å²) in [6, 6.07) is 10.5. The van der Waals surface area contributed by atoms with Gasteiger partial charge in [0.2, 0.25) is 0 Å². The topological polar surface area (TPSA) is 55.8 Å². The number of esters is 1. The number of cyclic esters (lactones) is 1. The molecule has 1 aliphatic heterocycles. The van der Waals surface area contributed by atoms with Crippen LogP contribution in [0.4, 0.5) is 26.3 Å². The number of ether oxygens (including phenoxy) is 2. The van der Waals surface area contributed by atoms with Gasteiger partial charge in [-0.25, -0.2) is 0 Å². The lowest BCUT2D eigenvalue weighted by molar-refractivity contribution is -0.343. The molecule has 0 spiro atoms. The van der Waals surface area contributed by atoms with Gasteiger partial charge in [-0.15, -0.1) is 0 Å². The number of halogens is 6. The molecule has 1 saturated heterocycles. The average Bonchev–Trinajstić information content (AvgIpc) is 2.87. The number of aryl methyl sites for hydroxylation is 2. The van der Waals surface area contributed by atoms with E-state index in [0.29, 0.717) is 30.6 Å². The van der Waals surface area contributed by atoms with E-state index in [9.17, 15) is 36.2 Å². The van der Waals surface area contributed by atoms with Crippen molar-refractivity contribution >= 4 is 5.97 Å². The Morgan fingerprint density at radius 3 is 2.02 bits per heavy atom. The molecule has 0 bridgehead atoms. The zero-order valence-corrected chi connectivity index (χ0v) is 22.7. The van der Waals surface area contributed by atoms with Crippen molar-refractivity contribution < 1.29 is 45.7 Å². The molecule has 2 aromatic rings. The summed E-state index contributed by atoms with van der Waals surface area (Å²) < 4.78 is 89.4. The van der Waals surface area contributed by atoms with Crippen molar-refractivity contribution in [1.82, 2.24) is 0 Å². The SMILES string of the molecule is CCC(CC)(c1ccc(C#CC(O)(C(F)(F)F)C(F)(F)F)c(C)c1)c1ccc(OC[C@@H]2CCCC(=O)O2)c(C)c1. The van der Waals surface area contributed by atoms with Crippen LogP contribution in [0, 0.1) is 25.7 Å². The predicted molar refractivity (Wildman–Crippen MR) is 137 cm³/mol. The average molecular weight is 571 g/mol. The number of hydrogen-bond donors (Lipinski definition) is 1. The first-order chi connectivity index (χ1) is 18.6. The standard InChI is InChI=1S/C30H32F6O4/c1-5-27(6-2,23-12-13-25(20(4)17-23)39-18-24-8-7-9-26(37)40-24)22-11-10-21(19(3)16-22)14-15-28(38,29(31,32)33)30(34,35)36/h10-13,16-17,24,38H,5-9,18H2,1-4H3/t24-/m0/s1. The molecule has 218 valence electrons. The number of benzene rings is 2. The first kappa shape index (κ1) is 31.3. The van der Waals surface area contributed by atoms with Crippen LogP contribution in [0.3, 0.4) is 0 Å². The molecule has 3 rings (SSSR count). The number of rotatable bonds is 7. The van der Waals surface area contributed by atoms with Gasteiger partial charge in [0.25, 0.3) is 0 Å². The third-order valence-corrected chi connectivity index (χ3v) is 7.54. The first-order valence-corrected chi connectivity index (χ1v) is 13.0. The van der Waals surface area contributed by atoms with Crippen molar-refractivity contribution in [3.05, 3.63) is 64.2 Å². The Hall–Kier alpha value is -3.19. The fourth-order valence-corrected chi connectivity index (χ4v) is 4.98. The summed E-state index contributed by atoms with van der Waals surface area (Å²) >= 11 is 0. The second-order valence-corrected chi connectivity index (χ2v) is 10.1. The van der Waals surface area contributed by atoms with E-state index in [4.69, 9.17) is 9.47 Å².